The highest BCUT2D eigenvalue weighted by Gasteiger charge is 2.26. The van der Waals surface area contributed by atoms with Gasteiger partial charge in [0.1, 0.15) is 11.4 Å². The number of aromatic amines is 1. The van der Waals surface area contributed by atoms with Crippen molar-refractivity contribution >= 4 is 16.8 Å². The first-order chi connectivity index (χ1) is 13.6. The van der Waals surface area contributed by atoms with Crippen LogP contribution < -0.4 is 5.43 Å². The number of amides is 1. The van der Waals surface area contributed by atoms with Crippen molar-refractivity contribution in [3.8, 4) is 0 Å². The van der Waals surface area contributed by atoms with Gasteiger partial charge in [0.15, 0.2) is 0 Å². The largest absolute Gasteiger partial charge is 0.376 e. The maximum absolute atomic E-state index is 13.9. The number of hydrogen-bond acceptors (Lipinski definition) is 4. The number of nitrogens with zero attached hydrogens (tertiary/aromatic N) is 2. The molecule has 0 aliphatic carbocycles. The lowest BCUT2D eigenvalue weighted by Crippen LogP contribution is -2.39. The fraction of sp³-hybridized carbons (Fsp3) is 0.286. The SMILES string of the molecule is O=C(c1c[nH]c2c(F)cccc2c1=O)N(Cc1ccccn1)CC1CCCO1. The number of benzene rings is 1. The van der Waals surface area contributed by atoms with E-state index in [1.165, 1.54) is 24.4 Å². The summed E-state index contributed by atoms with van der Waals surface area (Å²) in [5, 5.41) is 0.153. The Labute approximate surface area is 161 Å². The van der Waals surface area contributed by atoms with Gasteiger partial charge in [-0.15, -0.1) is 0 Å². The smallest absolute Gasteiger partial charge is 0.259 e. The zero-order valence-corrected chi connectivity index (χ0v) is 15.2. The molecule has 3 aromatic rings. The first kappa shape index (κ1) is 18.3. The molecule has 1 fully saturated rings. The Morgan fingerprint density at radius 1 is 1.29 bits per heavy atom. The Bertz CT molecular complexity index is 1050. The van der Waals surface area contributed by atoms with Crippen molar-refractivity contribution in [3.63, 3.8) is 0 Å². The lowest BCUT2D eigenvalue weighted by atomic mass is 10.1. The van der Waals surface area contributed by atoms with Crippen LogP contribution in [0.5, 0.6) is 0 Å². The summed E-state index contributed by atoms with van der Waals surface area (Å²) in [5.74, 6) is -0.952. The molecule has 1 aliphatic heterocycles. The van der Waals surface area contributed by atoms with Crippen LogP contribution in [0.25, 0.3) is 10.9 Å². The number of hydrogen-bond donors (Lipinski definition) is 1. The van der Waals surface area contributed by atoms with E-state index >= 15 is 0 Å². The van der Waals surface area contributed by atoms with Gasteiger partial charge in [0.2, 0.25) is 5.43 Å². The van der Waals surface area contributed by atoms with Crippen molar-refractivity contribution in [2.24, 2.45) is 0 Å². The molecule has 1 aliphatic rings. The molecule has 7 heteroatoms. The molecule has 3 heterocycles. The lowest BCUT2D eigenvalue weighted by Gasteiger charge is -2.25. The number of carbonyl (C=O) groups excluding carboxylic acids is 1. The van der Waals surface area contributed by atoms with Gasteiger partial charge in [-0.05, 0) is 37.1 Å². The molecule has 0 spiro atoms. The quantitative estimate of drug-likeness (QED) is 0.737. The van der Waals surface area contributed by atoms with Gasteiger partial charge < -0.3 is 14.6 Å². The van der Waals surface area contributed by atoms with Crippen LogP contribution in [0.2, 0.25) is 0 Å². The van der Waals surface area contributed by atoms with Crippen molar-refractivity contribution in [2.75, 3.05) is 13.2 Å². The summed E-state index contributed by atoms with van der Waals surface area (Å²) in [6, 6.07) is 9.72. The summed E-state index contributed by atoms with van der Waals surface area (Å²) in [6.45, 7) is 1.31. The highest BCUT2D eigenvalue weighted by atomic mass is 19.1. The van der Waals surface area contributed by atoms with E-state index in [4.69, 9.17) is 4.74 Å². The van der Waals surface area contributed by atoms with Crippen molar-refractivity contribution in [1.82, 2.24) is 14.9 Å². The molecule has 1 amide bonds. The first-order valence-corrected chi connectivity index (χ1v) is 9.24. The summed E-state index contributed by atoms with van der Waals surface area (Å²) >= 11 is 0. The van der Waals surface area contributed by atoms with Gasteiger partial charge in [0.25, 0.3) is 5.91 Å². The third-order valence-electron chi connectivity index (χ3n) is 4.91. The zero-order valence-electron chi connectivity index (χ0n) is 15.2. The standard InChI is InChI=1S/C21H20FN3O3/c22-18-8-3-7-16-19(18)24-11-17(20(16)26)21(27)25(13-15-6-4-10-28-15)12-14-5-1-2-9-23-14/h1-3,5,7-9,11,15H,4,6,10,12-13H2,(H,24,26). The molecule has 1 atom stereocenters. The predicted molar refractivity (Wildman–Crippen MR) is 102 cm³/mol. The number of ether oxygens (including phenoxy) is 1. The van der Waals surface area contributed by atoms with E-state index in [1.807, 2.05) is 12.1 Å². The van der Waals surface area contributed by atoms with E-state index in [0.717, 1.165) is 18.5 Å². The van der Waals surface area contributed by atoms with Crippen LogP contribution in [0.1, 0.15) is 28.9 Å². The van der Waals surface area contributed by atoms with Gasteiger partial charge in [-0.1, -0.05) is 12.1 Å². The minimum atomic E-state index is -0.529. The third-order valence-corrected chi connectivity index (χ3v) is 4.91. The van der Waals surface area contributed by atoms with Gasteiger partial charge in [0.05, 0.1) is 23.9 Å². The van der Waals surface area contributed by atoms with E-state index in [9.17, 15) is 14.0 Å². The Kier molecular flexibility index (Phi) is 5.16. The average molecular weight is 381 g/mol. The molecule has 1 unspecified atom stereocenters. The molecule has 1 N–H and O–H groups in total. The summed E-state index contributed by atoms with van der Waals surface area (Å²) in [7, 11) is 0. The lowest BCUT2D eigenvalue weighted by molar-refractivity contribution is 0.0503. The molecule has 4 rings (SSSR count). The van der Waals surface area contributed by atoms with Crippen LogP contribution in [-0.2, 0) is 11.3 Å². The number of fused-ring (bicyclic) bond motifs is 1. The number of para-hydroxylation sites is 1. The first-order valence-electron chi connectivity index (χ1n) is 9.24. The number of aromatic nitrogens is 2. The summed E-state index contributed by atoms with van der Waals surface area (Å²) in [5.41, 5.74) is 0.306. The number of rotatable bonds is 5. The van der Waals surface area contributed by atoms with Gasteiger partial charge in [-0.2, -0.15) is 0 Å². The van der Waals surface area contributed by atoms with Crippen LogP contribution in [0, 0.1) is 5.82 Å². The van der Waals surface area contributed by atoms with Crippen LogP contribution in [0.4, 0.5) is 4.39 Å². The van der Waals surface area contributed by atoms with Crippen molar-refractivity contribution in [1.29, 1.82) is 0 Å². The maximum Gasteiger partial charge on any atom is 0.259 e. The van der Waals surface area contributed by atoms with Gasteiger partial charge >= 0.3 is 0 Å². The Morgan fingerprint density at radius 3 is 2.93 bits per heavy atom. The predicted octanol–water partition coefficient (Wildman–Crippen LogP) is 2.88. The highest BCUT2D eigenvalue weighted by Crippen LogP contribution is 2.17. The second-order valence-electron chi connectivity index (χ2n) is 6.84. The molecular formula is C21H20FN3O3. The fourth-order valence-corrected chi connectivity index (χ4v) is 3.48. The topological polar surface area (TPSA) is 75.3 Å². The van der Waals surface area contributed by atoms with Crippen LogP contribution in [0.15, 0.2) is 53.6 Å². The van der Waals surface area contributed by atoms with Gasteiger partial charge in [-0.3, -0.25) is 14.6 Å². The number of pyridine rings is 2. The minimum absolute atomic E-state index is 0.0213. The maximum atomic E-state index is 13.9. The number of halogens is 1. The van der Waals surface area contributed by atoms with Crippen molar-refractivity contribution < 1.29 is 13.9 Å². The van der Waals surface area contributed by atoms with Crippen LogP contribution >= 0.6 is 0 Å². The van der Waals surface area contributed by atoms with E-state index in [-0.39, 0.29) is 29.1 Å². The van der Waals surface area contributed by atoms with Gasteiger partial charge in [-0.25, -0.2) is 4.39 Å². The minimum Gasteiger partial charge on any atom is -0.376 e. The molecule has 6 nitrogen and oxygen atoms in total. The third kappa shape index (κ3) is 3.66. The average Bonchev–Trinajstić information content (AvgIpc) is 3.22. The molecule has 0 saturated carbocycles. The zero-order chi connectivity index (χ0) is 19.5. The Morgan fingerprint density at radius 2 is 2.18 bits per heavy atom. The van der Waals surface area contributed by atoms with Crippen LogP contribution in [0.3, 0.4) is 0 Å². The summed E-state index contributed by atoms with van der Waals surface area (Å²) in [4.78, 5) is 34.7. The van der Waals surface area contributed by atoms with E-state index < -0.39 is 17.2 Å². The molecule has 0 radical (unpaired) electrons. The molecule has 2 aromatic heterocycles. The molecular weight excluding hydrogens is 361 g/mol. The van der Waals surface area contributed by atoms with Gasteiger partial charge in [0, 0.05) is 30.9 Å². The van der Waals surface area contributed by atoms with Crippen LogP contribution in [-0.4, -0.2) is 40.0 Å². The molecule has 0 bridgehead atoms. The monoisotopic (exact) mass is 381 g/mol. The van der Waals surface area contributed by atoms with E-state index in [2.05, 4.69) is 9.97 Å². The Hall–Kier alpha value is -3.06. The molecule has 1 saturated heterocycles. The highest BCUT2D eigenvalue weighted by molar-refractivity contribution is 5.97. The Balaban J connectivity index is 1.69. The summed E-state index contributed by atoms with van der Waals surface area (Å²) < 4.78 is 19.6. The van der Waals surface area contributed by atoms with Crippen molar-refractivity contribution in [3.05, 3.63) is 76.1 Å². The van der Waals surface area contributed by atoms with E-state index in [1.54, 1.807) is 17.2 Å². The molecule has 144 valence electrons. The molecule has 1 aromatic carbocycles. The number of nitrogens with one attached hydrogen (secondary N) is 1. The van der Waals surface area contributed by atoms with E-state index in [0.29, 0.717) is 13.2 Å². The number of H-pyrrole nitrogens is 1. The normalized spacial score (nSPS) is 16.4. The molecule has 28 heavy (non-hydrogen) atoms. The second kappa shape index (κ2) is 7.90. The number of carbonyl (C=O) groups is 1. The second-order valence-corrected chi connectivity index (χ2v) is 6.84. The fourth-order valence-electron chi connectivity index (χ4n) is 3.48. The summed E-state index contributed by atoms with van der Waals surface area (Å²) in [6.07, 6.45) is 4.70. The van der Waals surface area contributed by atoms with Crippen molar-refractivity contribution in [2.45, 2.75) is 25.5 Å².